The van der Waals surface area contributed by atoms with Gasteiger partial charge in [-0.3, -0.25) is 9.78 Å². The van der Waals surface area contributed by atoms with Crippen LogP contribution in [0.1, 0.15) is 0 Å². The predicted molar refractivity (Wildman–Crippen MR) is 123 cm³/mol. The molecule has 0 unspecified atom stereocenters. The van der Waals surface area contributed by atoms with E-state index in [0.717, 1.165) is 70.6 Å². The number of nitrogens with zero attached hydrogens (tertiary/aromatic N) is 6. The molecule has 5 aromatic rings. The fourth-order valence-corrected chi connectivity index (χ4v) is 4.43. The van der Waals surface area contributed by atoms with Crippen molar-refractivity contribution in [3.63, 3.8) is 0 Å². The summed E-state index contributed by atoms with van der Waals surface area (Å²) in [6, 6.07) is 10.6. The number of pyridine rings is 1. The van der Waals surface area contributed by atoms with Crippen molar-refractivity contribution in [2.45, 2.75) is 0 Å². The van der Waals surface area contributed by atoms with E-state index in [4.69, 9.17) is 0 Å². The first kappa shape index (κ1) is 18.1. The van der Waals surface area contributed by atoms with Gasteiger partial charge in [-0.2, -0.15) is 10.2 Å². The smallest absolute Gasteiger partial charge is 0.139 e. The van der Waals surface area contributed by atoms with Gasteiger partial charge in [0, 0.05) is 67.6 Å². The van der Waals surface area contributed by atoms with Crippen LogP contribution in [0.3, 0.4) is 0 Å². The van der Waals surface area contributed by atoms with Crippen molar-refractivity contribution in [1.82, 2.24) is 34.8 Å². The van der Waals surface area contributed by atoms with Gasteiger partial charge in [-0.05, 0) is 36.9 Å². The summed E-state index contributed by atoms with van der Waals surface area (Å²) in [5, 5.41) is 14.3. The summed E-state index contributed by atoms with van der Waals surface area (Å²) in [5.74, 6) is 0. The average Bonchev–Trinajstić information content (AvgIpc) is 3.51. The maximum atomic E-state index is 4.63. The van der Waals surface area contributed by atoms with Crippen molar-refractivity contribution in [3.05, 3.63) is 48.9 Å². The molecular weight excluding hydrogens is 388 g/mol. The first-order valence-electron chi connectivity index (χ1n) is 10.5. The Morgan fingerprint density at radius 3 is 2.61 bits per heavy atom. The second-order valence-electron chi connectivity index (χ2n) is 8.30. The van der Waals surface area contributed by atoms with Crippen molar-refractivity contribution in [3.8, 4) is 22.5 Å². The quantitative estimate of drug-likeness (QED) is 0.475. The van der Waals surface area contributed by atoms with Crippen molar-refractivity contribution >= 4 is 27.6 Å². The van der Waals surface area contributed by atoms with E-state index >= 15 is 0 Å². The lowest BCUT2D eigenvalue weighted by Gasteiger charge is -2.34. The van der Waals surface area contributed by atoms with Crippen LogP contribution in [-0.4, -0.2) is 68.1 Å². The Kier molecular flexibility index (Phi) is 4.07. The van der Waals surface area contributed by atoms with Gasteiger partial charge >= 0.3 is 0 Å². The molecule has 1 saturated heterocycles. The zero-order valence-electron chi connectivity index (χ0n) is 17.6. The number of H-pyrrole nitrogens is 2. The molecule has 0 aliphatic carbocycles. The summed E-state index contributed by atoms with van der Waals surface area (Å²) in [6.45, 7) is 4.19. The minimum atomic E-state index is 0.894. The van der Waals surface area contributed by atoms with E-state index in [1.165, 1.54) is 5.69 Å². The Bertz CT molecular complexity index is 1380. The summed E-state index contributed by atoms with van der Waals surface area (Å²) in [5.41, 5.74) is 7.22. The van der Waals surface area contributed by atoms with E-state index in [1.54, 1.807) is 0 Å². The third kappa shape index (κ3) is 3.07. The van der Waals surface area contributed by atoms with Crippen molar-refractivity contribution < 1.29 is 0 Å². The van der Waals surface area contributed by atoms with Gasteiger partial charge < -0.3 is 14.8 Å². The second kappa shape index (κ2) is 6.95. The zero-order chi connectivity index (χ0) is 20.9. The molecule has 1 fully saturated rings. The van der Waals surface area contributed by atoms with E-state index in [1.807, 2.05) is 30.3 Å². The summed E-state index contributed by atoms with van der Waals surface area (Å²) < 4.78 is 1.82. The van der Waals surface area contributed by atoms with Crippen molar-refractivity contribution in [2.75, 3.05) is 38.1 Å². The van der Waals surface area contributed by atoms with E-state index in [-0.39, 0.29) is 0 Å². The molecule has 4 aromatic heterocycles. The Morgan fingerprint density at radius 2 is 1.81 bits per heavy atom. The maximum absolute atomic E-state index is 4.63. The monoisotopic (exact) mass is 412 g/mol. The predicted octanol–water partition coefficient (Wildman–Crippen LogP) is 3.26. The number of anilines is 1. The van der Waals surface area contributed by atoms with Crippen LogP contribution in [0.15, 0.2) is 48.9 Å². The van der Waals surface area contributed by atoms with Crippen LogP contribution >= 0.6 is 0 Å². The molecule has 6 rings (SSSR count). The number of aryl methyl sites for hydroxylation is 1. The number of fused-ring (bicyclic) bond motifs is 2. The highest BCUT2D eigenvalue weighted by atomic mass is 15.3. The molecule has 1 aromatic carbocycles. The fraction of sp³-hybridized carbons (Fsp3) is 0.261. The van der Waals surface area contributed by atoms with Crippen LogP contribution in [0, 0.1) is 0 Å². The molecule has 156 valence electrons. The molecule has 0 spiro atoms. The second-order valence-corrected chi connectivity index (χ2v) is 8.30. The molecule has 0 amide bonds. The Balaban J connectivity index is 1.44. The number of nitrogens with one attached hydrogen (secondary N) is 2. The molecule has 0 radical (unpaired) electrons. The molecule has 31 heavy (non-hydrogen) atoms. The third-order valence-electron chi connectivity index (χ3n) is 6.21. The van der Waals surface area contributed by atoms with Gasteiger partial charge in [-0.25, -0.2) is 4.98 Å². The van der Waals surface area contributed by atoms with Crippen LogP contribution in [-0.2, 0) is 7.05 Å². The standard InChI is InChI=1S/C23H24N8/c1-29-7-9-31(10-8-29)21-5-6-24-23-18(21)12-20(26-23)22-17-11-15(3-4-19(17)27-28-22)16-13-25-30(2)14-16/h3-6,11-14H,7-10H2,1-2H3,(H,24,26)(H,27,28). The molecule has 0 atom stereocenters. The molecule has 1 aliphatic heterocycles. The highest BCUT2D eigenvalue weighted by Gasteiger charge is 2.19. The van der Waals surface area contributed by atoms with Gasteiger partial charge in [-0.1, -0.05) is 6.07 Å². The first-order valence-corrected chi connectivity index (χ1v) is 10.5. The first-order chi connectivity index (χ1) is 15.2. The molecular formula is C23H24N8. The molecule has 1 aliphatic rings. The largest absolute Gasteiger partial charge is 0.368 e. The fourth-order valence-electron chi connectivity index (χ4n) is 4.43. The van der Waals surface area contributed by atoms with Gasteiger partial charge in [0.2, 0.25) is 0 Å². The number of piperazine rings is 1. The summed E-state index contributed by atoms with van der Waals surface area (Å²) in [4.78, 5) is 12.9. The third-order valence-corrected chi connectivity index (χ3v) is 6.21. The number of hydrogen-bond acceptors (Lipinski definition) is 5. The number of likely N-dealkylation sites (N-methyl/N-ethyl adjacent to an activating group) is 1. The molecule has 2 N–H and O–H groups in total. The van der Waals surface area contributed by atoms with E-state index in [0.29, 0.717) is 0 Å². The molecule has 8 heteroatoms. The zero-order valence-corrected chi connectivity index (χ0v) is 17.6. The van der Waals surface area contributed by atoms with Gasteiger partial charge in [0.05, 0.1) is 17.4 Å². The van der Waals surface area contributed by atoms with Crippen molar-refractivity contribution in [1.29, 1.82) is 0 Å². The van der Waals surface area contributed by atoms with Gasteiger partial charge in [-0.15, -0.1) is 0 Å². The highest BCUT2D eigenvalue weighted by Crippen LogP contribution is 2.34. The minimum Gasteiger partial charge on any atom is -0.368 e. The summed E-state index contributed by atoms with van der Waals surface area (Å²) in [6.07, 6.45) is 5.80. The molecule has 0 saturated carbocycles. The average molecular weight is 413 g/mol. The van der Waals surface area contributed by atoms with Crippen LogP contribution < -0.4 is 4.90 Å². The number of rotatable bonds is 3. The van der Waals surface area contributed by atoms with Crippen LogP contribution in [0.25, 0.3) is 44.5 Å². The molecule has 8 nitrogen and oxygen atoms in total. The van der Waals surface area contributed by atoms with Crippen LogP contribution in [0.4, 0.5) is 5.69 Å². The van der Waals surface area contributed by atoms with Crippen LogP contribution in [0.5, 0.6) is 0 Å². The topological polar surface area (TPSA) is 81.7 Å². The highest BCUT2D eigenvalue weighted by molar-refractivity contribution is 5.99. The van der Waals surface area contributed by atoms with E-state index in [2.05, 4.69) is 72.4 Å². The lowest BCUT2D eigenvalue weighted by atomic mass is 10.1. The maximum Gasteiger partial charge on any atom is 0.139 e. The van der Waals surface area contributed by atoms with Gasteiger partial charge in [0.15, 0.2) is 0 Å². The number of benzene rings is 1. The van der Waals surface area contributed by atoms with E-state index in [9.17, 15) is 0 Å². The Morgan fingerprint density at radius 1 is 0.935 bits per heavy atom. The lowest BCUT2D eigenvalue weighted by molar-refractivity contribution is 0.313. The number of aromatic nitrogens is 6. The summed E-state index contributed by atoms with van der Waals surface area (Å²) >= 11 is 0. The van der Waals surface area contributed by atoms with Gasteiger partial charge in [0.25, 0.3) is 0 Å². The van der Waals surface area contributed by atoms with Crippen LogP contribution in [0.2, 0.25) is 0 Å². The summed E-state index contributed by atoms with van der Waals surface area (Å²) in [7, 11) is 4.11. The molecule has 0 bridgehead atoms. The lowest BCUT2D eigenvalue weighted by Crippen LogP contribution is -2.44. The molecule has 5 heterocycles. The Labute approximate surface area is 179 Å². The number of hydrogen-bond donors (Lipinski definition) is 2. The number of aromatic amines is 2. The SMILES string of the molecule is CN1CCN(c2ccnc3[nH]c(-c4n[nH]c5ccc(-c6cnn(C)c6)cc45)cc23)CC1. The van der Waals surface area contributed by atoms with Crippen molar-refractivity contribution in [2.24, 2.45) is 7.05 Å². The van der Waals surface area contributed by atoms with E-state index < -0.39 is 0 Å². The Hall–Kier alpha value is -3.65. The minimum absolute atomic E-state index is 0.894. The van der Waals surface area contributed by atoms with Gasteiger partial charge in [0.1, 0.15) is 11.3 Å². The normalized spacial score (nSPS) is 15.4.